The molecule has 2 aromatic carbocycles. The summed E-state index contributed by atoms with van der Waals surface area (Å²) in [6.45, 7) is 7.81. The van der Waals surface area contributed by atoms with Crippen molar-refractivity contribution in [1.29, 1.82) is 0 Å². The van der Waals surface area contributed by atoms with Crippen LogP contribution in [0.4, 0.5) is 13.2 Å². The van der Waals surface area contributed by atoms with E-state index in [2.05, 4.69) is 13.2 Å². The summed E-state index contributed by atoms with van der Waals surface area (Å²) >= 11 is 6.43. The van der Waals surface area contributed by atoms with E-state index in [1.165, 1.54) is 23.1 Å². The lowest BCUT2D eigenvalue weighted by molar-refractivity contribution is -0.137. The Balaban J connectivity index is 1.65. The molecule has 0 aromatic heterocycles. The lowest BCUT2D eigenvalue weighted by Crippen LogP contribution is -2.27. The van der Waals surface area contributed by atoms with Crippen molar-refractivity contribution in [1.82, 2.24) is 4.90 Å². The molecule has 0 N–H and O–H groups in total. The molecule has 0 bridgehead atoms. The minimum absolute atomic E-state index is 0.115. The molecule has 0 aliphatic carbocycles. The molecule has 1 fully saturated rings. The molecular formula is C22H16F3NO2S2. The number of amides is 1. The van der Waals surface area contributed by atoms with Crippen molar-refractivity contribution in [2.24, 2.45) is 0 Å². The van der Waals surface area contributed by atoms with E-state index in [1.807, 2.05) is 30.3 Å². The predicted octanol–water partition coefficient (Wildman–Crippen LogP) is 6.15. The zero-order chi connectivity index (χ0) is 21.9. The summed E-state index contributed by atoms with van der Waals surface area (Å²) in [4.78, 5) is 14.5. The number of benzene rings is 2. The summed E-state index contributed by atoms with van der Waals surface area (Å²) in [6.07, 6.45) is -2.97. The molecule has 8 heteroatoms. The minimum Gasteiger partial charge on any atom is -0.458 e. The average molecular weight is 448 g/mol. The van der Waals surface area contributed by atoms with Gasteiger partial charge in [-0.25, -0.2) is 0 Å². The maximum absolute atomic E-state index is 12.7. The van der Waals surface area contributed by atoms with E-state index >= 15 is 0 Å². The van der Waals surface area contributed by atoms with Crippen molar-refractivity contribution < 1.29 is 22.7 Å². The first-order valence-corrected chi connectivity index (χ1v) is 9.90. The molecule has 1 aliphatic rings. The Kier molecular flexibility index (Phi) is 6.48. The van der Waals surface area contributed by atoms with Crippen molar-refractivity contribution in [2.45, 2.75) is 12.7 Å². The highest BCUT2D eigenvalue weighted by atomic mass is 32.2. The summed E-state index contributed by atoms with van der Waals surface area (Å²) in [7, 11) is 0. The molecule has 1 aliphatic heterocycles. The second kappa shape index (κ2) is 8.89. The van der Waals surface area contributed by atoms with Crippen molar-refractivity contribution in [3.63, 3.8) is 0 Å². The Bertz CT molecular complexity index is 1030. The molecule has 0 unspecified atom stereocenters. The fourth-order valence-corrected chi connectivity index (χ4v) is 3.89. The summed E-state index contributed by atoms with van der Waals surface area (Å²) in [6, 6.07) is 13.9. The number of rotatable bonds is 6. The van der Waals surface area contributed by atoms with Gasteiger partial charge in [-0.1, -0.05) is 79.6 Å². The first-order valence-electron chi connectivity index (χ1n) is 8.68. The highest BCUT2D eigenvalue weighted by Crippen LogP contribution is 2.34. The van der Waals surface area contributed by atoms with Gasteiger partial charge in [0.25, 0.3) is 5.91 Å². The quantitative estimate of drug-likeness (QED) is 0.302. The van der Waals surface area contributed by atoms with Crippen molar-refractivity contribution >= 4 is 40.0 Å². The van der Waals surface area contributed by atoms with Gasteiger partial charge in [-0.3, -0.25) is 9.69 Å². The number of ether oxygens (including phenoxy) is 1. The Morgan fingerprint density at radius 2 is 1.73 bits per heavy atom. The Labute approximate surface area is 181 Å². The number of nitrogens with zero attached hydrogens (tertiary/aromatic N) is 1. The smallest absolute Gasteiger partial charge is 0.416 e. The number of alkyl halides is 3. The number of allylic oxidation sites excluding steroid dienone is 1. The lowest BCUT2D eigenvalue weighted by Gasteiger charge is -2.14. The highest BCUT2D eigenvalue weighted by Gasteiger charge is 2.32. The second-order valence-electron chi connectivity index (χ2n) is 6.32. The van der Waals surface area contributed by atoms with Crippen LogP contribution in [-0.4, -0.2) is 15.1 Å². The number of carbonyl (C=O) groups is 1. The molecule has 3 nitrogen and oxygen atoms in total. The normalized spacial score (nSPS) is 15.6. The van der Waals surface area contributed by atoms with Gasteiger partial charge in [0.05, 0.1) is 17.0 Å². The third-order valence-corrected chi connectivity index (χ3v) is 5.52. The van der Waals surface area contributed by atoms with E-state index in [9.17, 15) is 18.0 Å². The molecule has 0 saturated carbocycles. The topological polar surface area (TPSA) is 29.5 Å². The number of hydrogen-bond acceptors (Lipinski definition) is 4. The number of hydrogen-bond donors (Lipinski definition) is 0. The summed E-state index contributed by atoms with van der Waals surface area (Å²) < 4.78 is 43.9. The number of thiocarbonyl (C=S) groups is 1. The zero-order valence-corrected chi connectivity index (χ0v) is 17.2. The van der Waals surface area contributed by atoms with Crippen molar-refractivity contribution in [2.75, 3.05) is 0 Å². The summed E-state index contributed by atoms with van der Waals surface area (Å²) in [5, 5.41) is 0. The first-order chi connectivity index (χ1) is 14.1. The van der Waals surface area contributed by atoms with Gasteiger partial charge in [-0.05, 0) is 23.8 Å². The maximum Gasteiger partial charge on any atom is 0.416 e. The van der Waals surface area contributed by atoms with Crippen LogP contribution in [0.2, 0.25) is 0 Å². The van der Waals surface area contributed by atoms with E-state index in [0.29, 0.717) is 21.3 Å². The van der Waals surface area contributed by atoms with Gasteiger partial charge in [-0.2, -0.15) is 13.2 Å². The summed E-state index contributed by atoms with van der Waals surface area (Å²) in [5.74, 6) is -0.0245. The van der Waals surface area contributed by atoms with Crippen LogP contribution in [0.15, 0.2) is 84.5 Å². The third-order valence-electron chi connectivity index (χ3n) is 4.14. The van der Waals surface area contributed by atoms with E-state index in [0.717, 1.165) is 29.5 Å². The third kappa shape index (κ3) is 5.20. The monoisotopic (exact) mass is 447 g/mol. The predicted molar refractivity (Wildman–Crippen MR) is 116 cm³/mol. The standard InChI is InChI=1S/C22H16F3NO2S2/c1-14(28-15(2)17-8-10-18(11-9-17)22(23,24)25)12-19-20(27)26(21(29)30-19)13-16-6-4-3-5-7-16/h3-12H,1-2,13H2/b19-12-. The molecule has 0 atom stereocenters. The molecule has 1 amide bonds. The molecular weight excluding hydrogens is 431 g/mol. The molecule has 154 valence electrons. The zero-order valence-electron chi connectivity index (χ0n) is 15.6. The van der Waals surface area contributed by atoms with Crippen LogP contribution in [0.5, 0.6) is 0 Å². The van der Waals surface area contributed by atoms with E-state index in [1.54, 1.807) is 0 Å². The van der Waals surface area contributed by atoms with Gasteiger partial charge < -0.3 is 4.74 Å². The van der Waals surface area contributed by atoms with Crippen LogP contribution < -0.4 is 0 Å². The van der Waals surface area contributed by atoms with Gasteiger partial charge in [0.15, 0.2) is 0 Å². The molecule has 1 heterocycles. The molecule has 30 heavy (non-hydrogen) atoms. The van der Waals surface area contributed by atoms with E-state index in [4.69, 9.17) is 17.0 Å². The Hall–Kier alpha value is -2.84. The summed E-state index contributed by atoms with van der Waals surface area (Å²) in [5.41, 5.74) is 0.551. The van der Waals surface area contributed by atoms with Crippen LogP contribution in [0.1, 0.15) is 16.7 Å². The van der Waals surface area contributed by atoms with Crippen LogP contribution in [0.25, 0.3) is 5.76 Å². The first kappa shape index (κ1) is 21.9. The van der Waals surface area contributed by atoms with Gasteiger partial charge in [-0.15, -0.1) is 0 Å². The van der Waals surface area contributed by atoms with Gasteiger partial charge >= 0.3 is 6.18 Å². The van der Waals surface area contributed by atoms with E-state index in [-0.39, 0.29) is 17.4 Å². The fourth-order valence-electron chi connectivity index (χ4n) is 2.64. The lowest BCUT2D eigenvalue weighted by atomic mass is 10.1. The SMILES string of the molecule is C=C(/C=C1\SC(=S)N(Cc2ccccc2)C1=O)OC(=C)c1ccc(C(F)(F)F)cc1. The minimum atomic E-state index is -4.42. The van der Waals surface area contributed by atoms with Crippen LogP contribution in [0.3, 0.4) is 0 Å². The molecule has 2 aromatic rings. The van der Waals surface area contributed by atoms with E-state index < -0.39 is 11.7 Å². The van der Waals surface area contributed by atoms with Gasteiger partial charge in [0.1, 0.15) is 15.8 Å². The van der Waals surface area contributed by atoms with Gasteiger partial charge in [0, 0.05) is 5.56 Å². The molecule has 1 saturated heterocycles. The highest BCUT2D eigenvalue weighted by molar-refractivity contribution is 8.26. The van der Waals surface area contributed by atoms with Crippen LogP contribution in [0, 0.1) is 0 Å². The Morgan fingerprint density at radius 1 is 1.10 bits per heavy atom. The second-order valence-corrected chi connectivity index (χ2v) is 8.00. The fraction of sp³-hybridized carbons (Fsp3) is 0.0909. The molecule has 0 spiro atoms. The van der Waals surface area contributed by atoms with Crippen LogP contribution in [-0.2, 0) is 22.3 Å². The van der Waals surface area contributed by atoms with Crippen LogP contribution >= 0.6 is 24.0 Å². The maximum atomic E-state index is 12.7. The largest absolute Gasteiger partial charge is 0.458 e. The number of carbonyl (C=O) groups excluding carboxylic acids is 1. The van der Waals surface area contributed by atoms with Crippen molar-refractivity contribution in [3.05, 3.63) is 101 Å². The van der Waals surface area contributed by atoms with Gasteiger partial charge in [0.2, 0.25) is 0 Å². The molecule has 0 radical (unpaired) electrons. The average Bonchev–Trinajstić information content (AvgIpc) is 2.95. The number of thioether (sulfide) groups is 1. The van der Waals surface area contributed by atoms with Crippen molar-refractivity contribution in [3.8, 4) is 0 Å². The Morgan fingerprint density at radius 3 is 2.33 bits per heavy atom. The number of halogens is 3. The molecule has 3 rings (SSSR count).